The minimum absolute atomic E-state index is 0.362. The molecule has 1 rings (SSSR count). The third-order valence-corrected chi connectivity index (χ3v) is 1.98. The van der Waals surface area contributed by atoms with E-state index >= 15 is 0 Å². The summed E-state index contributed by atoms with van der Waals surface area (Å²) in [6.07, 6.45) is 0. The zero-order valence-corrected chi connectivity index (χ0v) is 9.07. The van der Waals surface area contributed by atoms with Gasteiger partial charge in [0.25, 0.3) is 0 Å². The first-order valence-corrected chi connectivity index (χ1v) is 4.62. The van der Waals surface area contributed by atoms with Gasteiger partial charge in [-0.1, -0.05) is 12.1 Å². The first-order chi connectivity index (χ1) is 7.00. The number of hydrogen-bond donors (Lipinski definition) is 1. The number of aryl methyl sites for hydroxylation is 1. The Labute approximate surface area is 88.9 Å². The van der Waals surface area contributed by atoms with Gasteiger partial charge in [0.1, 0.15) is 0 Å². The van der Waals surface area contributed by atoms with Gasteiger partial charge in [0.05, 0.1) is 0 Å². The molecule has 0 aromatic heterocycles. The number of amides is 3. The van der Waals surface area contributed by atoms with E-state index in [2.05, 4.69) is 5.32 Å². The highest BCUT2D eigenvalue weighted by molar-refractivity contribution is 6.01. The number of carbonyl (C=O) groups is 2. The molecule has 1 aromatic rings. The van der Waals surface area contributed by atoms with Crippen molar-refractivity contribution in [3.05, 3.63) is 29.8 Å². The lowest BCUT2D eigenvalue weighted by Gasteiger charge is -2.17. The van der Waals surface area contributed by atoms with E-state index in [-0.39, 0.29) is 5.91 Å². The Morgan fingerprint density at radius 3 is 2.53 bits per heavy atom. The lowest BCUT2D eigenvalue weighted by Crippen LogP contribution is -2.39. The number of benzene rings is 1. The molecule has 0 unspecified atom stereocenters. The maximum absolute atomic E-state index is 11.5. The fraction of sp³-hybridized carbons (Fsp3) is 0.273. The van der Waals surface area contributed by atoms with Crippen LogP contribution in [0.3, 0.4) is 0 Å². The molecule has 0 bridgehead atoms. The van der Waals surface area contributed by atoms with E-state index in [4.69, 9.17) is 0 Å². The average Bonchev–Trinajstić information content (AvgIpc) is 2.15. The van der Waals surface area contributed by atoms with Crippen LogP contribution < -0.4 is 10.2 Å². The Kier molecular flexibility index (Phi) is 3.44. The summed E-state index contributed by atoms with van der Waals surface area (Å²) in [6, 6.07) is 7.07. The molecule has 0 radical (unpaired) electrons. The predicted molar refractivity (Wildman–Crippen MR) is 58.8 cm³/mol. The van der Waals surface area contributed by atoms with Gasteiger partial charge in [0, 0.05) is 19.7 Å². The van der Waals surface area contributed by atoms with Crippen LogP contribution in [-0.2, 0) is 4.79 Å². The molecule has 0 saturated carbocycles. The fourth-order valence-corrected chi connectivity index (χ4v) is 1.19. The van der Waals surface area contributed by atoms with E-state index in [1.54, 1.807) is 7.05 Å². The summed E-state index contributed by atoms with van der Waals surface area (Å²) in [5.41, 5.74) is 1.82. The van der Waals surface area contributed by atoms with Crippen LogP contribution >= 0.6 is 0 Å². The molecule has 0 atom stereocenters. The van der Waals surface area contributed by atoms with Gasteiger partial charge in [0.2, 0.25) is 5.91 Å². The molecular formula is C11H14N2O2. The van der Waals surface area contributed by atoms with E-state index in [1.807, 2.05) is 31.2 Å². The van der Waals surface area contributed by atoms with Crippen molar-refractivity contribution >= 4 is 17.6 Å². The second kappa shape index (κ2) is 4.59. The second-order valence-electron chi connectivity index (χ2n) is 3.38. The normalized spacial score (nSPS) is 9.53. The topological polar surface area (TPSA) is 49.4 Å². The number of imide groups is 1. The molecule has 15 heavy (non-hydrogen) atoms. The zero-order chi connectivity index (χ0) is 11.4. The van der Waals surface area contributed by atoms with Gasteiger partial charge in [0.15, 0.2) is 0 Å². The maximum atomic E-state index is 11.5. The molecule has 0 aliphatic carbocycles. The minimum Gasteiger partial charge on any atom is -0.297 e. The lowest BCUT2D eigenvalue weighted by atomic mass is 10.2. The largest absolute Gasteiger partial charge is 0.328 e. The number of hydrogen-bond acceptors (Lipinski definition) is 2. The molecule has 0 heterocycles. The van der Waals surface area contributed by atoms with Gasteiger partial charge in [-0.2, -0.15) is 0 Å². The lowest BCUT2D eigenvalue weighted by molar-refractivity contribution is -0.117. The summed E-state index contributed by atoms with van der Waals surface area (Å²) in [5.74, 6) is -0.362. The first-order valence-electron chi connectivity index (χ1n) is 4.62. The van der Waals surface area contributed by atoms with Crippen molar-refractivity contribution in [3.8, 4) is 0 Å². The van der Waals surface area contributed by atoms with Crippen molar-refractivity contribution in [2.75, 3.05) is 11.9 Å². The standard InChI is InChI=1S/C11H14N2O2/c1-8-5-4-6-10(7-8)13(3)11(15)12-9(2)14/h4-7H,1-3H3,(H,12,14,15). The molecule has 0 spiro atoms. The Morgan fingerprint density at radius 1 is 1.33 bits per heavy atom. The predicted octanol–water partition coefficient (Wildman–Crippen LogP) is 1.69. The van der Waals surface area contributed by atoms with Crippen LogP contribution in [0.5, 0.6) is 0 Å². The number of anilines is 1. The number of urea groups is 1. The molecule has 4 nitrogen and oxygen atoms in total. The highest BCUT2D eigenvalue weighted by Crippen LogP contribution is 2.13. The van der Waals surface area contributed by atoms with E-state index in [1.165, 1.54) is 11.8 Å². The summed E-state index contributed by atoms with van der Waals surface area (Å²) in [7, 11) is 1.62. The van der Waals surface area contributed by atoms with Gasteiger partial charge in [-0.25, -0.2) is 4.79 Å². The van der Waals surface area contributed by atoms with Crippen molar-refractivity contribution in [3.63, 3.8) is 0 Å². The van der Waals surface area contributed by atoms with Gasteiger partial charge in [-0.05, 0) is 24.6 Å². The maximum Gasteiger partial charge on any atom is 0.328 e. The van der Waals surface area contributed by atoms with Crippen molar-refractivity contribution in [1.29, 1.82) is 0 Å². The molecule has 80 valence electrons. The van der Waals surface area contributed by atoms with Gasteiger partial charge < -0.3 is 0 Å². The van der Waals surface area contributed by atoms with Crippen LogP contribution in [0.15, 0.2) is 24.3 Å². The molecular weight excluding hydrogens is 192 g/mol. The second-order valence-corrected chi connectivity index (χ2v) is 3.38. The summed E-state index contributed by atoms with van der Waals surface area (Å²) in [5, 5.41) is 2.21. The molecule has 4 heteroatoms. The van der Waals surface area contributed by atoms with Gasteiger partial charge in [-0.15, -0.1) is 0 Å². The van der Waals surface area contributed by atoms with Crippen molar-refractivity contribution < 1.29 is 9.59 Å². The first kappa shape index (κ1) is 11.2. The Bertz CT molecular complexity index is 388. The van der Waals surface area contributed by atoms with Crippen LogP contribution in [0.1, 0.15) is 12.5 Å². The molecule has 3 amide bonds. The summed E-state index contributed by atoms with van der Waals surface area (Å²) in [4.78, 5) is 23.6. The SMILES string of the molecule is CC(=O)NC(=O)N(C)c1cccc(C)c1. The minimum atomic E-state index is -0.423. The van der Waals surface area contributed by atoms with E-state index in [0.29, 0.717) is 0 Å². The van der Waals surface area contributed by atoms with Crippen LogP contribution in [0, 0.1) is 6.92 Å². The third kappa shape index (κ3) is 3.09. The number of rotatable bonds is 1. The smallest absolute Gasteiger partial charge is 0.297 e. The highest BCUT2D eigenvalue weighted by Gasteiger charge is 2.11. The third-order valence-electron chi connectivity index (χ3n) is 1.98. The van der Waals surface area contributed by atoms with Crippen molar-refractivity contribution in [2.45, 2.75) is 13.8 Å². The summed E-state index contributed by atoms with van der Waals surface area (Å²) < 4.78 is 0. The molecule has 1 aromatic carbocycles. The van der Waals surface area contributed by atoms with Gasteiger partial charge in [-0.3, -0.25) is 15.0 Å². The molecule has 0 aliphatic rings. The van der Waals surface area contributed by atoms with E-state index in [0.717, 1.165) is 11.3 Å². The van der Waals surface area contributed by atoms with Crippen molar-refractivity contribution in [1.82, 2.24) is 5.32 Å². The number of nitrogens with one attached hydrogen (secondary N) is 1. The Hall–Kier alpha value is -1.84. The van der Waals surface area contributed by atoms with E-state index in [9.17, 15) is 9.59 Å². The molecule has 0 aliphatic heterocycles. The fourth-order valence-electron chi connectivity index (χ4n) is 1.19. The molecule has 1 N–H and O–H groups in total. The highest BCUT2D eigenvalue weighted by atomic mass is 16.2. The van der Waals surface area contributed by atoms with Gasteiger partial charge >= 0.3 is 6.03 Å². The Morgan fingerprint density at radius 2 is 2.00 bits per heavy atom. The molecule has 0 saturated heterocycles. The van der Waals surface area contributed by atoms with E-state index < -0.39 is 6.03 Å². The quantitative estimate of drug-likeness (QED) is 0.760. The zero-order valence-electron chi connectivity index (χ0n) is 9.07. The van der Waals surface area contributed by atoms with Crippen LogP contribution in [-0.4, -0.2) is 19.0 Å². The average molecular weight is 206 g/mol. The van der Waals surface area contributed by atoms with Crippen LogP contribution in [0.25, 0.3) is 0 Å². The number of nitrogens with zero attached hydrogens (tertiary/aromatic N) is 1. The Balaban J connectivity index is 2.80. The molecule has 0 fully saturated rings. The summed E-state index contributed by atoms with van der Waals surface area (Å²) in [6.45, 7) is 3.25. The summed E-state index contributed by atoms with van der Waals surface area (Å²) >= 11 is 0. The van der Waals surface area contributed by atoms with Crippen molar-refractivity contribution in [2.24, 2.45) is 0 Å². The monoisotopic (exact) mass is 206 g/mol. The number of carbonyl (C=O) groups excluding carboxylic acids is 2. The van der Waals surface area contributed by atoms with Crippen LogP contribution in [0.4, 0.5) is 10.5 Å². The van der Waals surface area contributed by atoms with Crippen LogP contribution in [0.2, 0.25) is 0 Å².